The van der Waals surface area contributed by atoms with Crippen molar-refractivity contribution in [2.24, 2.45) is 0 Å². The summed E-state index contributed by atoms with van der Waals surface area (Å²) in [6.45, 7) is 3.98. The minimum Gasteiger partial charge on any atom is -0.322 e. The monoisotopic (exact) mass is 475 g/mol. The molecular weight excluding hydrogens is 441 g/mol. The van der Waals surface area contributed by atoms with E-state index in [9.17, 15) is 18.8 Å². The molecule has 2 fully saturated rings. The van der Waals surface area contributed by atoms with Crippen LogP contribution in [0.5, 0.6) is 0 Å². The van der Waals surface area contributed by atoms with Crippen LogP contribution in [0.4, 0.5) is 4.39 Å². The van der Waals surface area contributed by atoms with Gasteiger partial charge in [-0.1, -0.05) is 25.7 Å². The molecule has 1 unspecified atom stereocenters. The van der Waals surface area contributed by atoms with E-state index in [2.05, 4.69) is 10.2 Å². The third-order valence-corrected chi connectivity index (χ3v) is 8.12. The van der Waals surface area contributed by atoms with Gasteiger partial charge in [-0.15, -0.1) is 11.8 Å². The number of thioether (sulfide) groups is 1. The molecule has 0 aromatic heterocycles. The molecule has 1 aromatic carbocycles. The molecule has 0 saturated carbocycles. The number of nitrogens with zero attached hydrogens (tertiary/aromatic N) is 2. The first-order chi connectivity index (χ1) is 16.0. The van der Waals surface area contributed by atoms with Crippen molar-refractivity contribution < 1.29 is 18.8 Å². The average Bonchev–Trinajstić information content (AvgIpc) is 3.15. The summed E-state index contributed by atoms with van der Waals surface area (Å²) in [6.07, 6.45) is 10.6. The van der Waals surface area contributed by atoms with Crippen LogP contribution in [0.15, 0.2) is 17.0 Å². The molecule has 8 heteroatoms. The van der Waals surface area contributed by atoms with Crippen LogP contribution in [0, 0.1) is 5.82 Å². The van der Waals surface area contributed by atoms with Crippen LogP contribution in [-0.4, -0.2) is 59.0 Å². The molecule has 1 N–H and O–H groups in total. The van der Waals surface area contributed by atoms with E-state index in [0.717, 1.165) is 17.1 Å². The van der Waals surface area contributed by atoms with Gasteiger partial charge in [-0.3, -0.25) is 19.7 Å². The summed E-state index contributed by atoms with van der Waals surface area (Å²) >= 11 is 1.66. The molecular formula is C25H34FN3O3S. The van der Waals surface area contributed by atoms with Gasteiger partial charge in [0.2, 0.25) is 11.8 Å². The molecule has 2 saturated heterocycles. The Morgan fingerprint density at radius 1 is 1.00 bits per heavy atom. The largest absolute Gasteiger partial charge is 0.322 e. The number of likely N-dealkylation sites (tertiary alicyclic amines) is 1. The highest BCUT2D eigenvalue weighted by atomic mass is 32.2. The summed E-state index contributed by atoms with van der Waals surface area (Å²) in [5, 5.41) is 2.29. The lowest BCUT2D eigenvalue weighted by molar-refractivity contribution is -0.136. The molecule has 3 aliphatic rings. The summed E-state index contributed by atoms with van der Waals surface area (Å²) in [5.41, 5.74) is 0.763. The lowest BCUT2D eigenvalue weighted by Gasteiger charge is -2.29. The van der Waals surface area contributed by atoms with Gasteiger partial charge in [0.05, 0.1) is 5.56 Å². The van der Waals surface area contributed by atoms with Crippen molar-refractivity contribution in [3.05, 3.63) is 29.1 Å². The number of benzene rings is 1. The maximum Gasteiger partial charge on any atom is 0.258 e. The molecule has 0 radical (unpaired) electrons. The van der Waals surface area contributed by atoms with E-state index >= 15 is 0 Å². The zero-order valence-corrected chi connectivity index (χ0v) is 20.1. The Morgan fingerprint density at radius 2 is 1.76 bits per heavy atom. The number of hydrogen-bond acceptors (Lipinski definition) is 5. The van der Waals surface area contributed by atoms with Gasteiger partial charge in [0.15, 0.2) is 0 Å². The summed E-state index contributed by atoms with van der Waals surface area (Å²) in [6, 6.07) is 2.39. The second-order valence-electron chi connectivity index (χ2n) is 9.32. The van der Waals surface area contributed by atoms with Crippen LogP contribution < -0.4 is 5.32 Å². The number of carbonyl (C=O) groups is 3. The Labute approximate surface area is 199 Å². The van der Waals surface area contributed by atoms with Gasteiger partial charge in [0.25, 0.3) is 5.91 Å². The van der Waals surface area contributed by atoms with E-state index in [-0.39, 0.29) is 30.9 Å². The number of amides is 3. The van der Waals surface area contributed by atoms with Crippen LogP contribution in [0.25, 0.3) is 0 Å². The Bertz CT molecular complexity index is 888. The number of fused-ring (bicyclic) bond motifs is 1. The van der Waals surface area contributed by atoms with Gasteiger partial charge < -0.3 is 9.80 Å². The number of rotatable bonds is 10. The molecule has 33 heavy (non-hydrogen) atoms. The fourth-order valence-corrected chi connectivity index (χ4v) is 6.15. The van der Waals surface area contributed by atoms with Crippen LogP contribution in [0.1, 0.15) is 80.1 Å². The fourth-order valence-electron chi connectivity index (χ4n) is 5.07. The SMILES string of the molecule is O=C1CCC(N2Cc3c(SCCCCCCCN4CCCCC4)ccc(F)c3C2=O)C(=O)N1. The number of hydrogen-bond donors (Lipinski definition) is 1. The smallest absolute Gasteiger partial charge is 0.258 e. The number of unbranched alkanes of at least 4 members (excludes halogenated alkanes) is 4. The molecule has 0 bridgehead atoms. The molecule has 4 rings (SSSR count). The van der Waals surface area contributed by atoms with Gasteiger partial charge in [0, 0.05) is 23.4 Å². The van der Waals surface area contributed by atoms with E-state index in [4.69, 9.17) is 0 Å². The predicted molar refractivity (Wildman–Crippen MR) is 127 cm³/mol. The quantitative estimate of drug-likeness (QED) is 0.313. The maximum absolute atomic E-state index is 14.5. The van der Waals surface area contributed by atoms with Gasteiger partial charge in [-0.2, -0.15) is 0 Å². The topological polar surface area (TPSA) is 69.7 Å². The van der Waals surface area contributed by atoms with E-state index in [1.165, 1.54) is 75.5 Å². The van der Waals surface area contributed by atoms with Gasteiger partial charge >= 0.3 is 0 Å². The molecule has 0 spiro atoms. The molecule has 6 nitrogen and oxygen atoms in total. The summed E-state index contributed by atoms with van der Waals surface area (Å²) in [4.78, 5) is 41.5. The van der Waals surface area contributed by atoms with E-state index in [1.54, 1.807) is 17.8 Å². The Morgan fingerprint density at radius 3 is 2.55 bits per heavy atom. The first kappa shape index (κ1) is 24.2. The lowest BCUT2D eigenvalue weighted by atomic mass is 10.0. The normalized spacial score (nSPS) is 21.4. The molecule has 1 aromatic rings. The van der Waals surface area contributed by atoms with Gasteiger partial charge in [0.1, 0.15) is 11.9 Å². The summed E-state index contributed by atoms with van der Waals surface area (Å²) in [7, 11) is 0. The van der Waals surface area contributed by atoms with Crippen molar-refractivity contribution in [1.29, 1.82) is 0 Å². The van der Waals surface area contributed by atoms with E-state index in [0.29, 0.717) is 5.56 Å². The number of piperidine rings is 2. The Hall–Kier alpha value is -1.93. The van der Waals surface area contributed by atoms with Crippen molar-refractivity contribution in [1.82, 2.24) is 15.1 Å². The summed E-state index contributed by atoms with van der Waals surface area (Å²) in [5.74, 6) is -0.857. The van der Waals surface area contributed by atoms with Gasteiger partial charge in [-0.25, -0.2) is 4.39 Å². The molecule has 0 aliphatic carbocycles. The molecule has 3 amide bonds. The Kier molecular flexibility index (Phi) is 8.41. The fraction of sp³-hybridized carbons (Fsp3) is 0.640. The first-order valence-electron chi connectivity index (χ1n) is 12.4. The minimum atomic E-state index is -0.718. The highest BCUT2D eigenvalue weighted by molar-refractivity contribution is 7.99. The third-order valence-electron chi connectivity index (χ3n) is 6.93. The molecule has 3 aliphatic heterocycles. The Balaban J connectivity index is 1.23. The van der Waals surface area contributed by atoms with Crippen molar-refractivity contribution >= 4 is 29.5 Å². The van der Waals surface area contributed by atoms with Gasteiger partial charge in [-0.05, 0) is 69.6 Å². The first-order valence-corrected chi connectivity index (χ1v) is 13.3. The number of carbonyl (C=O) groups excluding carboxylic acids is 3. The van der Waals surface area contributed by atoms with Crippen LogP contribution in [0.2, 0.25) is 0 Å². The van der Waals surface area contributed by atoms with Crippen molar-refractivity contribution in [3.63, 3.8) is 0 Å². The minimum absolute atomic E-state index is 0.0856. The van der Waals surface area contributed by atoms with Crippen molar-refractivity contribution in [2.45, 2.75) is 81.7 Å². The number of nitrogens with one attached hydrogen (secondary N) is 1. The van der Waals surface area contributed by atoms with Crippen molar-refractivity contribution in [2.75, 3.05) is 25.4 Å². The van der Waals surface area contributed by atoms with Crippen LogP contribution in [0.3, 0.4) is 0 Å². The zero-order valence-electron chi connectivity index (χ0n) is 19.2. The predicted octanol–water partition coefficient (Wildman–Crippen LogP) is 4.12. The van der Waals surface area contributed by atoms with Crippen LogP contribution in [-0.2, 0) is 16.1 Å². The van der Waals surface area contributed by atoms with Crippen LogP contribution >= 0.6 is 11.8 Å². The maximum atomic E-state index is 14.5. The molecule has 3 heterocycles. The van der Waals surface area contributed by atoms with E-state index < -0.39 is 23.7 Å². The third kappa shape index (κ3) is 5.96. The van der Waals surface area contributed by atoms with Crippen molar-refractivity contribution in [3.8, 4) is 0 Å². The average molecular weight is 476 g/mol. The zero-order chi connectivity index (χ0) is 23.2. The lowest BCUT2D eigenvalue weighted by Crippen LogP contribution is -2.52. The molecule has 180 valence electrons. The van der Waals surface area contributed by atoms with E-state index in [1.807, 2.05) is 0 Å². The highest BCUT2D eigenvalue weighted by Crippen LogP contribution is 2.36. The second kappa shape index (κ2) is 11.5. The number of halogens is 1. The second-order valence-corrected chi connectivity index (χ2v) is 10.5. The standard InChI is InChI=1S/C25H34FN3O3S/c26-19-9-11-21(33-16-8-3-1-2-5-13-28-14-6-4-7-15-28)18-17-29(25(32)23(18)19)20-10-12-22(30)27-24(20)31/h9,11,20H,1-8,10,12-17H2,(H,27,30,31). The summed E-state index contributed by atoms with van der Waals surface area (Å²) < 4.78 is 14.5. The number of imide groups is 1. The highest BCUT2D eigenvalue weighted by Gasteiger charge is 2.41. The molecule has 1 atom stereocenters.